The third-order valence-electron chi connectivity index (χ3n) is 4.55. The molecule has 34 heavy (non-hydrogen) atoms. The van der Waals surface area contributed by atoms with E-state index in [1.807, 2.05) is 55.5 Å². The van der Waals surface area contributed by atoms with Crippen LogP contribution in [0.2, 0.25) is 0 Å². The fourth-order valence-corrected chi connectivity index (χ4v) is 3.70. The number of alkyl halides is 3. The van der Waals surface area contributed by atoms with E-state index in [1.165, 1.54) is 12.1 Å². The van der Waals surface area contributed by atoms with Crippen LogP contribution in [-0.2, 0) is 0 Å². The Balaban J connectivity index is 0.000000469. The van der Waals surface area contributed by atoms with Crippen LogP contribution in [0.5, 0.6) is 5.75 Å². The zero-order valence-corrected chi connectivity index (χ0v) is 19.3. The summed E-state index contributed by atoms with van der Waals surface area (Å²) in [6, 6.07) is 23.4. The average molecular weight is 492 g/mol. The number of nitrogens with one attached hydrogen (secondary N) is 1. The Labute approximate surface area is 200 Å². The Kier molecular flexibility index (Phi) is 9.35. The molecule has 180 valence electrons. The highest BCUT2D eigenvalue weighted by Crippen LogP contribution is 2.24. The molecule has 0 amide bonds. The van der Waals surface area contributed by atoms with Crippen LogP contribution < -0.4 is 9.46 Å². The van der Waals surface area contributed by atoms with Crippen LogP contribution in [0.15, 0.2) is 85.1 Å². The van der Waals surface area contributed by atoms with Gasteiger partial charge in [-0.05, 0) is 49.4 Å². The predicted octanol–water partition coefficient (Wildman–Crippen LogP) is 6.81. The molecular weight excluding hydrogens is 466 g/mol. The van der Waals surface area contributed by atoms with Gasteiger partial charge in [0.1, 0.15) is 18.2 Å². The first-order valence-corrected chi connectivity index (χ1v) is 11.6. The summed E-state index contributed by atoms with van der Waals surface area (Å²) in [7, 11) is 0. The van der Waals surface area contributed by atoms with Crippen molar-refractivity contribution >= 4 is 22.9 Å². The fourth-order valence-electron chi connectivity index (χ4n) is 2.90. The number of hydrogen-bond donors (Lipinski definition) is 1. The van der Waals surface area contributed by atoms with Gasteiger partial charge in [0.25, 0.3) is 0 Å². The second-order valence-corrected chi connectivity index (χ2v) is 8.38. The van der Waals surface area contributed by atoms with Gasteiger partial charge in [-0.3, -0.25) is 4.72 Å². The first-order valence-electron chi connectivity index (χ1n) is 10.6. The fraction of sp³-hybridized carbons (Fsp3) is 0.240. The number of rotatable bonds is 8. The molecule has 0 spiro atoms. The molecule has 4 aromatic rings. The summed E-state index contributed by atoms with van der Waals surface area (Å²) in [4.78, 5) is 0. The maximum atomic E-state index is 13.1. The Bertz CT molecular complexity index is 1110. The number of benzene rings is 3. The molecule has 3 aromatic carbocycles. The highest BCUT2D eigenvalue weighted by Gasteiger charge is 2.26. The summed E-state index contributed by atoms with van der Waals surface area (Å²) in [5.41, 5.74) is 1.60. The summed E-state index contributed by atoms with van der Waals surface area (Å²) in [5, 5.41) is 5.20. The van der Waals surface area contributed by atoms with Crippen molar-refractivity contribution in [2.45, 2.75) is 25.6 Å². The van der Waals surface area contributed by atoms with E-state index in [4.69, 9.17) is 4.74 Å². The zero-order valence-electron chi connectivity index (χ0n) is 18.5. The summed E-state index contributed by atoms with van der Waals surface area (Å²) >= 11 is 1.04. The number of nitrogens with zero attached hydrogens (tertiary/aromatic N) is 2. The van der Waals surface area contributed by atoms with Crippen molar-refractivity contribution in [3.63, 3.8) is 0 Å². The topological polar surface area (TPSA) is 39.1 Å². The van der Waals surface area contributed by atoms with Gasteiger partial charge in [0.2, 0.25) is 0 Å². The van der Waals surface area contributed by atoms with Crippen molar-refractivity contribution in [1.29, 1.82) is 0 Å². The second-order valence-electron chi connectivity index (χ2n) is 7.45. The van der Waals surface area contributed by atoms with Crippen LogP contribution in [0.25, 0.3) is 16.6 Å². The molecular formula is C25H25F4N3OS. The third kappa shape index (κ3) is 8.39. The smallest absolute Gasteiger partial charge is 0.389 e. The van der Waals surface area contributed by atoms with E-state index in [2.05, 4.69) is 9.82 Å². The molecule has 1 heterocycles. The van der Waals surface area contributed by atoms with E-state index >= 15 is 0 Å². The third-order valence-corrected chi connectivity index (χ3v) is 5.53. The predicted molar refractivity (Wildman–Crippen MR) is 129 cm³/mol. The molecule has 4 nitrogen and oxygen atoms in total. The summed E-state index contributed by atoms with van der Waals surface area (Å²) in [6.45, 7) is 2.16. The Morgan fingerprint density at radius 1 is 1.00 bits per heavy atom. The number of aromatic nitrogens is 2. The molecule has 0 aliphatic carbocycles. The van der Waals surface area contributed by atoms with Crippen molar-refractivity contribution in [1.82, 2.24) is 14.5 Å². The van der Waals surface area contributed by atoms with Crippen LogP contribution in [0, 0.1) is 5.82 Å². The lowest BCUT2D eigenvalue weighted by Gasteiger charge is -2.15. The Hall–Kier alpha value is -3.04. The van der Waals surface area contributed by atoms with E-state index in [0.717, 1.165) is 28.5 Å². The van der Waals surface area contributed by atoms with E-state index in [-0.39, 0.29) is 17.6 Å². The number of fused-ring (bicyclic) bond motifs is 1. The highest BCUT2D eigenvalue weighted by molar-refractivity contribution is 7.97. The molecule has 1 aromatic heterocycles. The van der Waals surface area contributed by atoms with Crippen molar-refractivity contribution < 1.29 is 22.3 Å². The second kappa shape index (κ2) is 12.4. The van der Waals surface area contributed by atoms with Crippen LogP contribution in [-0.4, -0.2) is 34.4 Å². The van der Waals surface area contributed by atoms with Crippen LogP contribution in [0.1, 0.15) is 13.3 Å². The quantitative estimate of drug-likeness (QED) is 0.167. The molecule has 0 saturated carbocycles. The van der Waals surface area contributed by atoms with Gasteiger partial charge in [-0.15, -0.1) is 0 Å². The van der Waals surface area contributed by atoms with Gasteiger partial charge in [0.15, 0.2) is 0 Å². The van der Waals surface area contributed by atoms with Gasteiger partial charge >= 0.3 is 6.18 Å². The molecule has 0 fully saturated rings. The molecule has 0 aliphatic heterocycles. The molecule has 0 bridgehead atoms. The highest BCUT2D eigenvalue weighted by atomic mass is 32.2. The van der Waals surface area contributed by atoms with Crippen LogP contribution >= 0.6 is 11.9 Å². The lowest BCUT2D eigenvalue weighted by atomic mass is 10.2. The van der Waals surface area contributed by atoms with Gasteiger partial charge in [-0.2, -0.15) is 18.3 Å². The maximum Gasteiger partial charge on any atom is 0.389 e. The van der Waals surface area contributed by atoms with Gasteiger partial charge in [0, 0.05) is 17.2 Å². The van der Waals surface area contributed by atoms with Gasteiger partial charge < -0.3 is 4.74 Å². The maximum absolute atomic E-state index is 13.1. The molecule has 0 aliphatic rings. The van der Waals surface area contributed by atoms with Gasteiger partial charge in [-0.1, -0.05) is 48.3 Å². The lowest BCUT2D eigenvalue weighted by Crippen LogP contribution is -2.27. The standard InChI is InChI=1S/C19H19F4N3OS.C6H6/c1-13(25-28-9-8-19(21,22)23)12-27-17-6-7-18-14(10-17)11-24-26(18)16-4-2-15(20)3-5-16;1-2-4-6-5-3-1/h2-7,10-11,13,25H,8-9,12H2,1H3;1-6H. The van der Waals surface area contributed by atoms with Crippen molar-refractivity contribution in [3.8, 4) is 11.4 Å². The monoisotopic (exact) mass is 491 g/mol. The molecule has 1 unspecified atom stereocenters. The molecule has 1 N–H and O–H groups in total. The van der Waals surface area contributed by atoms with Crippen LogP contribution in [0.4, 0.5) is 17.6 Å². The van der Waals surface area contributed by atoms with Gasteiger partial charge in [-0.25, -0.2) is 9.07 Å². The Morgan fingerprint density at radius 3 is 2.26 bits per heavy atom. The van der Waals surface area contributed by atoms with Crippen molar-refractivity contribution in [3.05, 3.63) is 90.9 Å². The SMILES string of the molecule is CC(COc1ccc2c(cnn2-c2ccc(F)cc2)c1)NSCCC(F)(F)F.c1ccccc1. The first-order chi connectivity index (χ1) is 16.3. The van der Waals surface area contributed by atoms with E-state index < -0.39 is 12.6 Å². The number of hydrogen-bond acceptors (Lipinski definition) is 4. The lowest BCUT2D eigenvalue weighted by molar-refractivity contribution is -0.129. The van der Waals surface area contributed by atoms with Crippen molar-refractivity contribution in [2.24, 2.45) is 0 Å². The van der Waals surface area contributed by atoms with E-state index in [0.29, 0.717) is 12.4 Å². The summed E-state index contributed by atoms with van der Waals surface area (Å²) in [5.74, 6) is 0.290. The molecule has 9 heteroatoms. The number of ether oxygens (including phenoxy) is 1. The first kappa shape index (κ1) is 25.6. The molecule has 1 atom stereocenters. The summed E-state index contributed by atoms with van der Waals surface area (Å²) < 4.78 is 59.8. The largest absolute Gasteiger partial charge is 0.492 e. The zero-order chi connectivity index (χ0) is 24.4. The average Bonchev–Trinajstić information content (AvgIpc) is 3.25. The van der Waals surface area contributed by atoms with E-state index in [1.54, 1.807) is 29.1 Å². The van der Waals surface area contributed by atoms with Crippen molar-refractivity contribution in [2.75, 3.05) is 12.4 Å². The number of halogens is 4. The van der Waals surface area contributed by atoms with Gasteiger partial charge in [0.05, 0.1) is 23.8 Å². The minimum absolute atomic E-state index is 0.0393. The molecule has 0 radical (unpaired) electrons. The molecule has 0 saturated heterocycles. The minimum atomic E-state index is -4.14. The van der Waals surface area contributed by atoms with E-state index in [9.17, 15) is 17.6 Å². The summed E-state index contributed by atoms with van der Waals surface area (Å²) in [6.07, 6.45) is -3.27. The minimum Gasteiger partial charge on any atom is -0.492 e. The Morgan fingerprint density at radius 2 is 1.65 bits per heavy atom. The normalized spacial score (nSPS) is 12.1. The molecule has 4 rings (SSSR count). The van der Waals surface area contributed by atoms with Crippen LogP contribution in [0.3, 0.4) is 0 Å².